The zero-order valence-corrected chi connectivity index (χ0v) is 19.8. The summed E-state index contributed by atoms with van der Waals surface area (Å²) < 4.78 is 8.29. The average molecular weight is 544 g/mol. The van der Waals surface area contributed by atoms with Crippen LogP contribution >= 0.6 is 43.2 Å². The van der Waals surface area contributed by atoms with Crippen LogP contribution in [0.5, 0.6) is 5.75 Å². The van der Waals surface area contributed by atoms with E-state index >= 15 is 0 Å². The molecule has 0 aliphatic heterocycles. The summed E-state index contributed by atoms with van der Waals surface area (Å²) in [5, 5.41) is 3.82. The van der Waals surface area contributed by atoms with Crippen molar-refractivity contribution in [2.45, 2.75) is 0 Å². The van der Waals surface area contributed by atoms with Gasteiger partial charge in [-0.05, 0) is 54.6 Å². The SMILES string of the molecule is COc1ccc(Br)cc1C=CC(=O)Nc1ccc(Br)cc1-c1nc2ccccc2s1. The molecular weight excluding hydrogens is 528 g/mol. The molecule has 0 radical (unpaired) electrons. The first-order chi connectivity index (χ1) is 14.5. The number of thiazole rings is 1. The molecule has 4 aromatic rings. The maximum absolute atomic E-state index is 12.6. The van der Waals surface area contributed by atoms with Gasteiger partial charge in [0.05, 0.1) is 23.0 Å². The number of para-hydroxylation sites is 1. The van der Waals surface area contributed by atoms with Crippen LogP contribution in [0.2, 0.25) is 0 Å². The zero-order chi connectivity index (χ0) is 21.1. The number of hydrogen-bond acceptors (Lipinski definition) is 4. The number of benzene rings is 3. The first kappa shape index (κ1) is 20.8. The smallest absolute Gasteiger partial charge is 0.248 e. The molecule has 0 saturated carbocycles. The summed E-state index contributed by atoms with van der Waals surface area (Å²) >= 11 is 8.56. The fourth-order valence-corrected chi connectivity index (χ4v) is 4.70. The van der Waals surface area contributed by atoms with E-state index in [0.29, 0.717) is 11.4 Å². The number of hydrogen-bond donors (Lipinski definition) is 1. The van der Waals surface area contributed by atoms with Gasteiger partial charge in [-0.3, -0.25) is 4.79 Å². The fraction of sp³-hybridized carbons (Fsp3) is 0.0435. The largest absolute Gasteiger partial charge is 0.496 e. The van der Waals surface area contributed by atoms with E-state index in [-0.39, 0.29) is 5.91 Å². The zero-order valence-electron chi connectivity index (χ0n) is 15.9. The van der Waals surface area contributed by atoms with Crippen LogP contribution in [-0.4, -0.2) is 18.0 Å². The van der Waals surface area contributed by atoms with Gasteiger partial charge in [0.2, 0.25) is 5.91 Å². The van der Waals surface area contributed by atoms with Gasteiger partial charge in [0.25, 0.3) is 0 Å². The Kier molecular flexibility index (Phi) is 6.32. The van der Waals surface area contributed by atoms with E-state index in [4.69, 9.17) is 9.72 Å². The Balaban J connectivity index is 1.62. The van der Waals surface area contributed by atoms with Gasteiger partial charge < -0.3 is 10.1 Å². The third-order valence-corrected chi connectivity index (χ3v) is 6.43. The van der Waals surface area contributed by atoms with E-state index in [1.807, 2.05) is 60.7 Å². The molecule has 7 heteroatoms. The lowest BCUT2D eigenvalue weighted by Crippen LogP contribution is -2.08. The first-order valence-corrected chi connectivity index (χ1v) is 11.4. The molecule has 0 aliphatic rings. The number of fused-ring (bicyclic) bond motifs is 1. The lowest BCUT2D eigenvalue weighted by atomic mass is 10.1. The minimum atomic E-state index is -0.235. The number of nitrogens with one attached hydrogen (secondary N) is 1. The Hall–Kier alpha value is -2.48. The van der Waals surface area contributed by atoms with Crippen LogP contribution in [0.25, 0.3) is 26.9 Å². The second-order valence-corrected chi connectivity index (χ2v) is 9.25. The average Bonchev–Trinajstić information content (AvgIpc) is 3.18. The van der Waals surface area contributed by atoms with Crippen LogP contribution in [-0.2, 0) is 4.79 Å². The molecule has 0 aliphatic carbocycles. The predicted octanol–water partition coefficient (Wildman–Crippen LogP) is 7.15. The molecule has 0 bridgehead atoms. The normalized spacial score (nSPS) is 11.2. The minimum absolute atomic E-state index is 0.235. The highest BCUT2D eigenvalue weighted by Gasteiger charge is 2.13. The van der Waals surface area contributed by atoms with Crippen molar-refractivity contribution in [2.75, 3.05) is 12.4 Å². The number of rotatable bonds is 5. The van der Waals surface area contributed by atoms with Crippen molar-refractivity contribution in [3.8, 4) is 16.3 Å². The van der Waals surface area contributed by atoms with Crippen molar-refractivity contribution in [1.29, 1.82) is 0 Å². The van der Waals surface area contributed by atoms with Crippen molar-refractivity contribution < 1.29 is 9.53 Å². The van der Waals surface area contributed by atoms with Gasteiger partial charge in [0.15, 0.2) is 0 Å². The Morgan fingerprint density at radius 2 is 1.83 bits per heavy atom. The van der Waals surface area contributed by atoms with Crippen molar-refractivity contribution in [1.82, 2.24) is 4.98 Å². The molecule has 4 rings (SSSR count). The summed E-state index contributed by atoms with van der Waals surface area (Å²) in [4.78, 5) is 17.4. The molecule has 1 amide bonds. The molecule has 1 heterocycles. The monoisotopic (exact) mass is 542 g/mol. The van der Waals surface area contributed by atoms with Gasteiger partial charge in [-0.15, -0.1) is 11.3 Å². The van der Waals surface area contributed by atoms with Crippen LogP contribution in [0.3, 0.4) is 0 Å². The number of aromatic nitrogens is 1. The number of carbonyl (C=O) groups is 1. The summed E-state index contributed by atoms with van der Waals surface area (Å²) in [5.41, 5.74) is 3.32. The van der Waals surface area contributed by atoms with Crippen LogP contribution in [0.4, 0.5) is 5.69 Å². The standard InChI is InChI=1S/C23H16Br2N2O2S/c1-29-20-10-8-15(24)12-14(20)6-11-22(28)26-18-9-7-16(25)13-17(18)23-27-19-4-2-3-5-21(19)30-23/h2-13H,1H3,(H,26,28). The number of amides is 1. The molecule has 150 valence electrons. The molecule has 4 nitrogen and oxygen atoms in total. The maximum Gasteiger partial charge on any atom is 0.248 e. The van der Waals surface area contributed by atoms with E-state index in [0.717, 1.165) is 35.3 Å². The fourth-order valence-electron chi connectivity index (χ4n) is 2.97. The Morgan fingerprint density at radius 3 is 2.63 bits per heavy atom. The summed E-state index contributed by atoms with van der Waals surface area (Å²) in [6.45, 7) is 0. The second-order valence-electron chi connectivity index (χ2n) is 6.39. The van der Waals surface area contributed by atoms with Gasteiger partial charge in [0.1, 0.15) is 10.8 Å². The maximum atomic E-state index is 12.6. The molecule has 1 aromatic heterocycles. The van der Waals surface area contributed by atoms with Gasteiger partial charge in [-0.1, -0.05) is 44.0 Å². The van der Waals surface area contributed by atoms with Gasteiger partial charge in [-0.2, -0.15) is 0 Å². The number of nitrogens with zero attached hydrogens (tertiary/aromatic N) is 1. The predicted molar refractivity (Wildman–Crippen MR) is 131 cm³/mol. The Morgan fingerprint density at radius 1 is 1.07 bits per heavy atom. The van der Waals surface area contributed by atoms with Gasteiger partial charge >= 0.3 is 0 Å². The highest BCUT2D eigenvalue weighted by atomic mass is 79.9. The number of ether oxygens (including phenoxy) is 1. The Labute approximate surface area is 194 Å². The summed E-state index contributed by atoms with van der Waals surface area (Å²) in [6.07, 6.45) is 3.23. The van der Waals surface area contributed by atoms with E-state index < -0.39 is 0 Å². The summed E-state index contributed by atoms with van der Waals surface area (Å²) in [5.74, 6) is 0.461. The van der Waals surface area contributed by atoms with Crippen molar-refractivity contribution in [2.24, 2.45) is 0 Å². The third-order valence-electron chi connectivity index (χ3n) is 4.37. The molecule has 1 N–H and O–H groups in total. The number of carbonyl (C=O) groups excluding carboxylic acids is 1. The van der Waals surface area contributed by atoms with Crippen LogP contribution in [0, 0.1) is 0 Å². The number of methoxy groups -OCH3 is 1. The molecule has 0 atom stereocenters. The van der Waals surface area contributed by atoms with Gasteiger partial charge in [0, 0.05) is 26.1 Å². The van der Waals surface area contributed by atoms with Crippen LogP contribution < -0.4 is 10.1 Å². The van der Waals surface area contributed by atoms with E-state index in [1.54, 1.807) is 24.5 Å². The molecule has 0 unspecified atom stereocenters. The summed E-state index contributed by atoms with van der Waals surface area (Å²) in [7, 11) is 1.60. The van der Waals surface area contributed by atoms with Crippen LogP contribution in [0.1, 0.15) is 5.56 Å². The van der Waals surface area contributed by atoms with E-state index in [2.05, 4.69) is 37.2 Å². The topological polar surface area (TPSA) is 51.2 Å². The molecule has 0 saturated heterocycles. The minimum Gasteiger partial charge on any atom is -0.496 e. The van der Waals surface area contributed by atoms with Crippen molar-refractivity contribution in [3.63, 3.8) is 0 Å². The first-order valence-electron chi connectivity index (χ1n) is 9.01. The lowest BCUT2D eigenvalue weighted by Gasteiger charge is -2.09. The highest BCUT2D eigenvalue weighted by molar-refractivity contribution is 9.10. The highest BCUT2D eigenvalue weighted by Crippen LogP contribution is 2.36. The molecular formula is C23H16Br2N2O2S. The molecule has 3 aromatic carbocycles. The van der Waals surface area contributed by atoms with Crippen molar-refractivity contribution >= 4 is 71.1 Å². The molecule has 0 spiro atoms. The lowest BCUT2D eigenvalue weighted by molar-refractivity contribution is -0.111. The van der Waals surface area contributed by atoms with E-state index in [1.165, 1.54) is 6.08 Å². The third kappa shape index (κ3) is 4.64. The molecule has 30 heavy (non-hydrogen) atoms. The van der Waals surface area contributed by atoms with Crippen LogP contribution in [0.15, 0.2) is 75.7 Å². The van der Waals surface area contributed by atoms with E-state index in [9.17, 15) is 4.79 Å². The number of anilines is 1. The quantitative estimate of drug-likeness (QED) is 0.272. The summed E-state index contributed by atoms with van der Waals surface area (Å²) in [6, 6.07) is 19.4. The van der Waals surface area contributed by atoms with Crippen molar-refractivity contribution in [3.05, 3.63) is 81.2 Å². The van der Waals surface area contributed by atoms with Gasteiger partial charge in [-0.25, -0.2) is 4.98 Å². The number of halogens is 2. The second kappa shape index (κ2) is 9.12. The molecule has 0 fully saturated rings. The Bertz CT molecular complexity index is 1230.